The van der Waals surface area contributed by atoms with E-state index >= 15 is 0 Å². The highest BCUT2D eigenvalue weighted by atomic mass is 15.0. The Kier molecular flexibility index (Phi) is 8.84. The standard InChI is InChI=1S/C60H38N4/c61-38-40-21-26-49(60(33-40)64-57-29-24-47(43-17-9-3-10-18-43)36-52(57)53-37-48(25-30-58(53)64)44-19-11-4-12-20-44)54-39-62-32-31-59(54)63-55-27-22-45(41-13-5-1-6-14-41)34-50(55)51-35-46(23-28-56(51)63)42-15-7-2-8-16-42/h1-37,39H. The lowest BCUT2D eigenvalue weighted by atomic mass is 10.0. The Morgan fingerprint density at radius 3 is 1.08 bits per heavy atom. The number of fused-ring (bicyclic) bond motifs is 6. The summed E-state index contributed by atoms with van der Waals surface area (Å²) in [5.74, 6) is 0. The van der Waals surface area contributed by atoms with Crippen molar-refractivity contribution in [3.8, 4) is 73.1 Å². The van der Waals surface area contributed by atoms with Crippen LogP contribution in [0.25, 0.3) is 111 Å². The van der Waals surface area contributed by atoms with Crippen LogP contribution in [0, 0.1) is 11.3 Å². The van der Waals surface area contributed by atoms with E-state index in [-0.39, 0.29) is 0 Å². The minimum atomic E-state index is 0.583. The molecule has 0 saturated heterocycles. The summed E-state index contributed by atoms with van der Waals surface area (Å²) in [6.07, 6.45) is 3.86. The zero-order valence-electron chi connectivity index (χ0n) is 34.7. The Labute approximate surface area is 370 Å². The van der Waals surface area contributed by atoms with Crippen LogP contribution in [0.2, 0.25) is 0 Å². The van der Waals surface area contributed by atoms with E-state index in [0.717, 1.165) is 77.6 Å². The Balaban J connectivity index is 1.12. The van der Waals surface area contributed by atoms with Crippen molar-refractivity contribution in [2.24, 2.45) is 0 Å². The number of pyridine rings is 1. The van der Waals surface area contributed by atoms with Crippen molar-refractivity contribution in [3.05, 3.63) is 236 Å². The molecular formula is C60H38N4. The Bertz CT molecular complexity index is 3570. The first-order chi connectivity index (χ1) is 31.7. The first-order valence-corrected chi connectivity index (χ1v) is 21.6. The molecule has 64 heavy (non-hydrogen) atoms. The van der Waals surface area contributed by atoms with E-state index in [1.165, 1.54) is 33.0 Å². The van der Waals surface area contributed by atoms with Crippen LogP contribution in [-0.2, 0) is 0 Å². The number of nitriles is 1. The first-order valence-electron chi connectivity index (χ1n) is 21.6. The maximum absolute atomic E-state index is 10.4. The summed E-state index contributed by atoms with van der Waals surface area (Å²) in [4.78, 5) is 4.79. The average molecular weight is 815 g/mol. The van der Waals surface area contributed by atoms with Crippen molar-refractivity contribution >= 4 is 43.6 Å². The summed E-state index contributed by atoms with van der Waals surface area (Å²) in [5, 5.41) is 15.1. The van der Waals surface area contributed by atoms with Crippen molar-refractivity contribution in [1.82, 2.24) is 14.1 Å². The van der Waals surface area contributed by atoms with Crippen LogP contribution in [0.15, 0.2) is 231 Å². The summed E-state index contributed by atoms with van der Waals surface area (Å²) in [5.41, 5.74) is 18.0. The largest absolute Gasteiger partial charge is 0.309 e. The molecule has 0 saturated carbocycles. The predicted molar refractivity (Wildman–Crippen MR) is 265 cm³/mol. The van der Waals surface area contributed by atoms with Crippen molar-refractivity contribution in [2.75, 3.05) is 0 Å². The van der Waals surface area contributed by atoms with Gasteiger partial charge in [0.15, 0.2) is 0 Å². The minimum Gasteiger partial charge on any atom is -0.309 e. The lowest BCUT2D eigenvalue weighted by molar-refractivity contribution is 1.14. The number of hydrogen-bond donors (Lipinski definition) is 0. The number of rotatable bonds is 7. The van der Waals surface area contributed by atoms with Crippen LogP contribution in [0.5, 0.6) is 0 Å². The predicted octanol–water partition coefficient (Wildman–Crippen LogP) is 15.5. The molecule has 0 bridgehead atoms. The van der Waals surface area contributed by atoms with Gasteiger partial charge in [0.05, 0.1) is 45.1 Å². The second-order valence-electron chi connectivity index (χ2n) is 16.3. The highest BCUT2D eigenvalue weighted by molar-refractivity contribution is 6.14. The highest BCUT2D eigenvalue weighted by Gasteiger charge is 2.22. The summed E-state index contributed by atoms with van der Waals surface area (Å²) in [6, 6.07) is 80.0. The van der Waals surface area contributed by atoms with E-state index in [1.807, 2.05) is 24.5 Å². The molecule has 0 N–H and O–H groups in total. The molecule has 0 radical (unpaired) electrons. The lowest BCUT2D eigenvalue weighted by Gasteiger charge is -2.18. The van der Waals surface area contributed by atoms with Gasteiger partial charge in [-0.1, -0.05) is 152 Å². The normalized spacial score (nSPS) is 11.4. The van der Waals surface area contributed by atoms with E-state index in [0.29, 0.717) is 5.56 Å². The summed E-state index contributed by atoms with van der Waals surface area (Å²) in [7, 11) is 0. The molecule has 0 unspecified atom stereocenters. The third-order valence-electron chi connectivity index (χ3n) is 12.7. The molecular weight excluding hydrogens is 777 g/mol. The van der Waals surface area contributed by atoms with Crippen LogP contribution in [0.1, 0.15) is 5.56 Å². The van der Waals surface area contributed by atoms with Crippen LogP contribution in [-0.4, -0.2) is 14.1 Å². The van der Waals surface area contributed by atoms with Crippen molar-refractivity contribution in [1.29, 1.82) is 5.26 Å². The molecule has 3 aromatic heterocycles. The number of aromatic nitrogens is 3. The van der Waals surface area contributed by atoms with Gasteiger partial charge in [0.2, 0.25) is 0 Å². The molecule has 4 nitrogen and oxygen atoms in total. The van der Waals surface area contributed by atoms with E-state index in [2.05, 4.69) is 221 Å². The topological polar surface area (TPSA) is 46.5 Å². The Morgan fingerprint density at radius 1 is 0.328 bits per heavy atom. The maximum Gasteiger partial charge on any atom is 0.0992 e. The van der Waals surface area contributed by atoms with Gasteiger partial charge in [-0.05, 0) is 111 Å². The van der Waals surface area contributed by atoms with Gasteiger partial charge in [-0.25, -0.2) is 0 Å². The zero-order valence-corrected chi connectivity index (χ0v) is 34.7. The lowest BCUT2D eigenvalue weighted by Crippen LogP contribution is -2.02. The van der Waals surface area contributed by atoms with Crippen LogP contribution in [0.4, 0.5) is 0 Å². The number of nitrogens with zero attached hydrogens (tertiary/aromatic N) is 4. The highest BCUT2D eigenvalue weighted by Crippen LogP contribution is 2.43. The first kappa shape index (κ1) is 37.0. The fourth-order valence-corrected chi connectivity index (χ4v) is 9.61. The molecule has 0 aliphatic rings. The second-order valence-corrected chi connectivity index (χ2v) is 16.3. The minimum absolute atomic E-state index is 0.583. The molecule has 0 aliphatic heterocycles. The molecule has 0 amide bonds. The maximum atomic E-state index is 10.4. The molecule has 0 aliphatic carbocycles. The fraction of sp³-hybridized carbons (Fsp3) is 0. The van der Waals surface area contributed by atoms with E-state index < -0.39 is 0 Å². The summed E-state index contributed by atoms with van der Waals surface area (Å²) >= 11 is 0. The van der Waals surface area contributed by atoms with Crippen molar-refractivity contribution in [3.63, 3.8) is 0 Å². The van der Waals surface area contributed by atoms with Crippen LogP contribution < -0.4 is 0 Å². The van der Waals surface area contributed by atoms with Crippen molar-refractivity contribution < 1.29 is 0 Å². The van der Waals surface area contributed by atoms with Gasteiger partial charge in [0.25, 0.3) is 0 Å². The summed E-state index contributed by atoms with van der Waals surface area (Å²) in [6.45, 7) is 0. The van der Waals surface area contributed by atoms with Crippen molar-refractivity contribution in [2.45, 2.75) is 0 Å². The molecule has 0 spiro atoms. The third-order valence-corrected chi connectivity index (χ3v) is 12.7. The molecule has 0 fully saturated rings. The van der Waals surface area contributed by atoms with Gasteiger partial charge in [-0.15, -0.1) is 0 Å². The van der Waals surface area contributed by atoms with Gasteiger partial charge in [0.1, 0.15) is 0 Å². The van der Waals surface area contributed by atoms with E-state index in [9.17, 15) is 5.26 Å². The van der Waals surface area contributed by atoms with Gasteiger partial charge < -0.3 is 9.13 Å². The summed E-state index contributed by atoms with van der Waals surface area (Å²) < 4.78 is 4.72. The Hall–Kier alpha value is -8.78. The second kappa shape index (κ2) is 15.3. The van der Waals surface area contributed by atoms with Gasteiger partial charge in [0, 0.05) is 45.1 Å². The van der Waals surface area contributed by atoms with E-state index in [4.69, 9.17) is 4.98 Å². The fourth-order valence-electron chi connectivity index (χ4n) is 9.61. The Morgan fingerprint density at radius 2 is 0.703 bits per heavy atom. The molecule has 4 heteroatoms. The third kappa shape index (κ3) is 6.18. The van der Waals surface area contributed by atoms with Crippen LogP contribution >= 0.6 is 0 Å². The molecule has 9 aromatic carbocycles. The molecule has 12 aromatic rings. The van der Waals surface area contributed by atoms with Gasteiger partial charge in [-0.3, -0.25) is 4.98 Å². The quantitative estimate of drug-likeness (QED) is 0.161. The number of hydrogen-bond acceptors (Lipinski definition) is 2. The van der Waals surface area contributed by atoms with Gasteiger partial charge in [-0.2, -0.15) is 5.26 Å². The van der Waals surface area contributed by atoms with Crippen LogP contribution in [0.3, 0.4) is 0 Å². The molecule has 3 heterocycles. The SMILES string of the molecule is N#Cc1ccc(-c2cnccc2-n2c3ccc(-c4ccccc4)cc3c3cc(-c4ccccc4)ccc32)c(-n2c3ccc(-c4ccccc4)cc3c3cc(-c4ccccc4)ccc32)c1. The molecule has 298 valence electrons. The smallest absolute Gasteiger partial charge is 0.0992 e. The molecule has 0 atom stereocenters. The van der Waals surface area contributed by atoms with Gasteiger partial charge >= 0.3 is 0 Å². The molecule has 12 rings (SSSR count). The van der Waals surface area contributed by atoms with E-state index in [1.54, 1.807) is 0 Å². The average Bonchev–Trinajstić information content (AvgIpc) is 3.88. The number of benzene rings is 9. The monoisotopic (exact) mass is 814 g/mol. The zero-order chi connectivity index (χ0) is 42.6.